The molecule has 1 fully saturated rings. The first-order chi connectivity index (χ1) is 8.16. The van der Waals surface area contributed by atoms with Crippen LogP contribution in [0.3, 0.4) is 0 Å². The highest BCUT2D eigenvalue weighted by atomic mass is 35.5. The van der Waals surface area contributed by atoms with E-state index in [2.05, 4.69) is 15.6 Å². The van der Waals surface area contributed by atoms with Gasteiger partial charge in [0, 0.05) is 6.04 Å². The van der Waals surface area contributed by atoms with Crippen LogP contribution in [-0.4, -0.2) is 35.2 Å². The van der Waals surface area contributed by atoms with Crippen molar-refractivity contribution in [1.29, 1.82) is 0 Å². The number of aromatic nitrogens is 1. The van der Waals surface area contributed by atoms with E-state index in [0.29, 0.717) is 11.0 Å². The van der Waals surface area contributed by atoms with Crippen LogP contribution in [0.1, 0.15) is 23.2 Å². The Morgan fingerprint density at radius 1 is 1.47 bits per heavy atom. The second kappa shape index (κ2) is 5.33. The van der Waals surface area contributed by atoms with Gasteiger partial charge in [0.1, 0.15) is 16.5 Å². The molecular weight excluding hydrogens is 242 g/mol. The topological polar surface area (TPSA) is 74.2 Å². The number of rotatable bonds is 3. The van der Waals surface area contributed by atoms with E-state index >= 15 is 0 Å². The Hall–Kier alpha value is -1.33. The van der Waals surface area contributed by atoms with E-state index in [1.807, 2.05) is 0 Å². The first-order valence-corrected chi connectivity index (χ1v) is 5.91. The molecule has 1 aliphatic rings. The van der Waals surface area contributed by atoms with Gasteiger partial charge in [-0.1, -0.05) is 11.6 Å². The average molecular weight is 256 g/mol. The lowest BCUT2D eigenvalue weighted by Gasteiger charge is -2.24. The number of carboxylic acids is 1. The predicted molar refractivity (Wildman–Crippen MR) is 65.7 cm³/mol. The number of anilines is 1. The number of hydrogen-bond donors (Lipinski definition) is 3. The van der Waals surface area contributed by atoms with Crippen LogP contribution < -0.4 is 10.6 Å². The van der Waals surface area contributed by atoms with Crippen LogP contribution in [0.4, 0.5) is 5.82 Å². The van der Waals surface area contributed by atoms with Gasteiger partial charge < -0.3 is 15.7 Å². The van der Waals surface area contributed by atoms with E-state index in [1.165, 1.54) is 12.1 Å². The van der Waals surface area contributed by atoms with Crippen LogP contribution in [0.25, 0.3) is 0 Å². The average Bonchev–Trinajstić information content (AvgIpc) is 2.30. The maximum absolute atomic E-state index is 11.0. The van der Waals surface area contributed by atoms with Crippen molar-refractivity contribution in [1.82, 2.24) is 10.3 Å². The molecule has 6 heteroatoms. The molecule has 92 valence electrons. The highest BCUT2D eigenvalue weighted by molar-refractivity contribution is 6.29. The fourth-order valence-corrected chi connectivity index (χ4v) is 2.03. The Labute approximate surface area is 104 Å². The summed E-state index contributed by atoms with van der Waals surface area (Å²) < 4.78 is 0. The maximum atomic E-state index is 11.0. The minimum Gasteiger partial charge on any atom is -0.478 e. The molecule has 1 aromatic heterocycles. The summed E-state index contributed by atoms with van der Waals surface area (Å²) in [7, 11) is 0. The fourth-order valence-electron chi connectivity index (χ4n) is 1.88. The summed E-state index contributed by atoms with van der Waals surface area (Å²) in [6.07, 6.45) is 1.90. The van der Waals surface area contributed by atoms with Gasteiger partial charge >= 0.3 is 5.97 Å². The largest absolute Gasteiger partial charge is 0.478 e. The Morgan fingerprint density at radius 2 is 2.18 bits per heavy atom. The molecule has 3 N–H and O–H groups in total. The van der Waals surface area contributed by atoms with Gasteiger partial charge in [-0.05, 0) is 38.1 Å². The first kappa shape index (κ1) is 12.1. The predicted octanol–water partition coefficient (Wildman–Crippen LogP) is 1.60. The summed E-state index contributed by atoms with van der Waals surface area (Å²) in [4.78, 5) is 15.1. The summed E-state index contributed by atoms with van der Waals surface area (Å²) >= 11 is 5.78. The Bertz CT molecular complexity index is 419. The Kier molecular flexibility index (Phi) is 3.81. The van der Waals surface area contributed by atoms with Crippen molar-refractivity contribution in [3.63, 3.8) is 0 Å². The number of carboxylic acid groups (broad SMARTS) is 1. The number of carbonyl (C=O) groups is 1. The van der Waals surface area contributed by atoms with E-state index in [0.717, 1.165) is 25.9 Å². The second-order valence-electron chi connectivity index (χ2n) is 4.00. The molecule has 0 atom stereocenters. The molecule has 0 aliphatic carbocycles. The fraction of sp³-hybridized carbons (Fsp3) is 0.455. The minimum absolute atomic E-state index is 0.160. The van der Waals surface area contributed by atoms with Gasteiger partial charge in [0.25, 0.3) is 0 Å². The van der Waals surface area contributed by atoms with Gasteiger partial charge in [-0.25, -0.2) is 9.78 Å². The zero-order chi connectivity index (χ0) is 12.3. The lowest BCUT2D eigenvalue weighted by molar-refractivity contribution is 0.0697. The number of pyridine rings is 1. The number of aromatic carboxylic acids is 1. The molecular formula is C11H14ClN3O2. The van der Waals surface area contributed by atoms with Gasteiger partial charge in [0.2, 0.25) is 0 Å². The molecule has 0 unspecified atom stereocenters. The van der Waals surface area contributed by atoms with Crippen molar-refractivity contribution in [3.8, 4) is 0 Å². The number of piperidine rings is 1. The van der Waals surface area contributed by atoms with Crippen LogP contribution in [0.5, 0.6) is 0 Å². The molecule has 0 amide bonds. The number of nitrogens with one attached hydrogen (secondary N) is 2. The first-order valence-electron chi connectivity index (χ1n) is 5.54. The number of halogens is 1. The zero-order valence-corrected chi connectivity index (χ0v) is 10.00. The maximum Gasteiger partial charge on any atom is 0.339 e. The van der Waals surface area contributed by atoms with E-state index in [-0.39, 0.29) is 11.6 Å². The molecule has 0 spiro atoms. The molecule has 17 heavy (non-hydrogen) atoms. The van der Waals surface area contributed by atoms with Crippen molar-refractivity contribution >= 4 is 23.4 Å². The highest BCUT2D eigenvalue weighted by Gasteiger charge is 2.17. The molecule has 0 saturated carbocycles. The summed E-state index contributed by atoms with van der Waals surface area (Å²) in [5.74, 6) is -0.637. The van der Waals surface area contributed by atoms with E-state index < -0.39 is 5.97 Å². The SMILES string of the molecule is O=C(O)c1ccc(Cl)nc1NC1CCNCC1. The van der Waals surface area contributed by atoms with E-state index in [9.17, 15) is 4.79 Å². The molecule has 5 nitrogen and oxygen atoms in total. The third-order valence-corrected chi connectivity index (χ3v) is 2.98. The molecule has 0 aromatic carbocycles. The summed E-state index contributed by atoms with van der Waals surface area (Å²) in [6.45, 7) is 1.86. The second-order valence-corrected chi connectivity index (χ2v) is 4.39. The summed E-state index contributed by atoms with van der Waals surface area (Å²) in [5, 5.41) is 15.7. The van der Waals surface area contributed by atoms with Gasteiger partial charge in [-0.3, -0.25) is 0 Å². The van der Waals surface area contributed by atoms with Crippen molar-refractivity contribution in [2.45, 2.75) is 18.9 Å². The van der Waals surface area contributed by atoms with E-state index in [4.69, 9.17) is 16.7 Å². The molecule has 1 aromatic rings. The summed E-state index contributed by atoms with van der Waals surface area (Å²) in [6, 6.07) is 3.21. The molecule has 1 aliphatic heterocycles. The van der Waals surface area contributed by atoms with Gasteiger partial charge in [0.05, 0.1) is 0 Å². The van der Waals surface area contributed by atoms with Crippen LogP contribution in [0, 0.1) is 0 Å². The van der Waals surface area contributed by atoms with Crippen molar-refractivity contribution in [3.05, 3.63) is 22.8 Å². The van der Waals surface area contributed by atoms with Crippen LogP contribution >= 0.6 is 11.6 Å². The quantitative estimate of drug-likeness (QED) is 0.716. The molecule has 2 heterocycles. The monoisotopic (exact) mass is 255 g/mol. The smallest absolute Gasteiger partial charge is 0.339 e. The molecule has 0 radical (unpaired) electrons. The standard InChI is InChI=1S/C11H14ClN3O2/c12-9-2-1-8(11(16)17)10(15-9)14-7-3-5-13-6-4-7/h1-2,7,13H,3-6H2,(H,14,15)(H,16,17). The van der Waals surface area contributed by atoms with Crippen molar-refractivity contribution in [2.75, 3.05) is 18.4 Å². The third kappa shape index (κ3) is 3.08. The van der Waals surface area contributed by atoms with E-state index in [1.54, 1.807) is 0 Å². The molecule has 0 bridgehead atoms. The van der Waals surface area contributed by atoms with Gasteiger partial charge in [-0.15, -0.1) is 0 Å². The molecule has 1 saturated heterocycles. The van der Waals surface area contributed by atoms with Crippen LogP contribution in [0.2, 0.25) is 5.15 Å². The number of hydrogen-bond acceptors (Lipinski definition) is 4. The normalized spacial score (nSPS) is 16.8. The van der Waals surface area contributed by atoms with Crippen LogP contribution in [-0.2, 0) is 0 Å². The lowest BCUT2D eigenvalue weighted by atomic mass is 10.1. The minimum atomic E-state index is -0.995. The van der Waals surface area contributed by atoms with Crippen LogP contribution in [0.15, 0.2) is 12.1 Å². The van der Waals surface area contributed by atoms with Gasteiger partial charge in [0.15, 0.2) is 0 Å². The van der Waals surface area contributed by atoms with Crippen molar-refractivity contribution in [2.24, 2.45) is 0 Å². The van der Waals surface area contributed by atoms with Gasteiger partial charge in [-0.2, -0.15) is 0 Å². The molecule has 2 rings (SSSR count). The zero-order valence-electron chi connectivity index (χ0n) is 9.24. The summed E-state index contributed by atoms with van der Waals surface area (Å²) in [5.41, 5.74) is 0.160. The van der Waals surface area contributed by atoms with Crippen molar-refractivity contribution < 1.29 is 9.90 Å². The number of nitrogens with zero attached hydrogens (tertiary/aromatic N) is 1. The Balaban J connectivity index is 2.17. The lowest BCUT2D eigenvalue weighted by Crippen LogP contribution is -2.35. The Morgan fingerprint density at radius 3 is 2.82 bits per heavy atom. The highest BCUT2D eigenvalue weighted by Crippen LogP contribution is 2.19. The third-order valence-electron chi connectivity index (χ3n) is 2.77.